The number of methoxy groups -OCH3 is 1. The normalized spacial score (nSPS) is 12.5. The maximum atomic E-state index is 6.54. The fraction of sp³-hybridized carbons (Fsp3) is 0.167. The largest absolute Gasteiger partial charge is 0.497 e. The third-order valence-corrected chi connectivity index (χ3v) is 5.98. The van der Waals surface area contributed by atoms with E-state index in [1.165, 1.54) is 0 Å². The lowest BCUT2D eigenvalue weighted by atomic mass is 10.1. The van der Waals surface area contributed by atoms with Gasteiger partial charge in [0, 0.05) is 10.0 Å². The SMILES string of the molecule is COc1ccc(C(Cl)c2cc(Br)sc2Br)c(Br)c1. The zero-order valence-corrected chi connectivity index (χ0v) is 15.5. The van der Waals surface area contributed by atoms with Gasteiger partial charge < -0.3 is 4.74 Å². The molecular weight excluding hydrogens is 467 g/mol. The minimum absolute atomic E-state index is 0.206. The van der Waals surface area contributed by atoms with Crippen LogP contribution in [0.5, 0.6) is 5.75 Å². The molecule has 0 saturated carbocycles. The highest BCUT2D eigenvalue weighted by Gasteiger charge is 2.19. The first-order valence-corrected chi connectivity index (χ1v) is 8.58. The monoisotopic (exact) mass is 472 g/mol. The van der Waals surface area contributed by atoms with Crippen molar-refractivity contribution >= 4 is 70.7 Å². The molecule has 1 heterocycles. The number of hydrogen-bond donors (Lipinski definition) is 0. The lowest BCUT2D eigenvalue weighted by molar-refractivity contribution is 0.414. The third-order valence-electron chi connectivity index (χ3n) is 2.44. The summed E-state index contributed by atoms with van der Waals surface area (Å²) < 4.78 is 8.21. The number of halogens is 4. The first kappa shape index (κ1) is 14.9. The van der Waals surface area contributed by atoms with Gasteiger partial charge in [-0.25, -0.2) is 0 Å². The number of rotatable bonds is 3. The van der Waals surface area contributed by atoms with Crippen molar-refractivity contribution in [1.29, 1.82) is 0 Å². The number of hydrogen-bond acceptors (Lipinski definition) is 2. The summed E-state index contributed by atoms with van der Waals surface area (Å²) >= 11 is 18.7. The second-order valence-corrected chi connectivity index (χ2v) is 8.57. The lowest BCUT2D eigenvalue weighted by Crippen LogP contribution is -1.94. The van der Waals surface area contributed by atoms with Gasteiger partial charge in [-0.05, 0) is 55.6 Å². The molecule has 0 bridgehead atoms. The first-order chi connectivity index (χ1) is 8.52. The third kappa shape index (κ3) is 3.12. The van der Waals surface area contributed by atoms with Crippen LogP contribution >= 0.6 is 70.7 Å². The van der Waals surface area contributed by atoms with Crippen LogP contribution in [0.2, 0.25) is 0 Å². The van der Waals surface area contributed by atoms with Crippen LogP contribution in [-0.2, 0) is 0 Å². The topological polar surface area (TPSA) is 9.23 Å². The summed E-state index contributed by atoms with van der Waals surface area (Å²) in [6, 6.07) is 7.83. The predicted molar refractivity (Wildman–Crippen MR) is 88.1 cm³/mol. The molecule has 18 heavy (non-hydrogen) atoms. The molecule has 1 nitrogen and oxygen atoms in total. The molecule has 2 rings (SSSR count). The second-order valence-electron chi connectivity index (χ2n) is 3.53. The van der Waals surface area contributed by atoms with E-state index in [1.54, 1.807) is 18.4 Å². The maximum Gasteiger partial charge on any atom is 0.120 e. The van der Waals surface area contributed by atoms with Crippen LogP contribution in [0.25, 0.3) is 0 Å². The van der Waals surface area contributed by atoms with Gasteiger partial charge in [0.05, 0.1) is 20.1 Å². The van der Waals surface area contributed by atoms with Gasteiger partial charge in [-0.1, -0.05) is 22.0 Å². The Morgan fingerprint density at radius 3 is 2.39 bits per heavy atom. The van der Waals surface area contributed by atoms with Gasteiger partial charge in [0.25, 0.3) is 0 Å². The van der Waals surface area contributed by atoms with Crippen molar-refractivity contribution in [1.82, 2.24) is 0 Å². The summed E-state index contributed by atoms with van der Waals surface area (Å²) in [6.45, 7) is 0. The second kappa shape index (κ2) is 6.27. The number of thiophene rings is 1. The molecule has 1 aromatic heterocycles. The van der Waals surface area contributed by atoms with Crippen LogP contribution in [0, 0.1) is 0 Å². The van der Waals surface area contributed by atoms with Crippen molar-refractivity contribution in [3.05, 3.63) is 47.4 Å². The molecule has 0 spiro atoms. The summed E-state index contributed by atoms with van der Waals surface area (Å²) in [7, 11) is 1.65. The Kier molecular flexibility index (Phi) is 5.17. The number of benzene rings is 1. The Morgan fingerprint density at radius 2 is 1.89 bits per heavy atom. The molecule has 0 aliphatic heterocycles. The van der Waals surface area contributed by atoms with Crippen LogP contribution in [0.1, 0.15) is 16.5 Å². The Labute approximate surface area is 140 Å². The number of ether oxygens (including phenoxy) is 1. The van der Waals surface area contributed by atoms with Crippen molar-refractivity contribution < 1.29 is 4.74 Å². The van der Waals surface area contributed by atoms with Crippen molar-refractivity contribution in [2.75, 3.05) is 7.11 Å². The van der Waals surface area contributed by atoms with E-state index in [1.807, 2.05) is 24.3 Å². The molecule has 0 saturated heterocycles. The van der Waals surface area contributed by atoms with E-state index in [0.29, 0.717) is 0 Å². The van der Waals surface area contributed by atoms with Crippen molar-refractivity contribution in [3.63, 3.8) is 0 Å². The van der Waals surface area contributed by atoms with Crippen LogP contribution < -0.4 is 4.74 Å². The standard InChI is InChI=1S/C12H8Br3ClOS/c1-17-6-2-3-7(9(13)4-6)11(16)8-5-10(14)18-12(8)15/h2-5,11H,1H3. The Morgan fingerprint density at radius 1 is 1.17 bits per heavy atom. The summed E-state index contributed by atoms with van der Waals surface area (Å²) in [5, 5.41) is -0.206. The van der Waals surface area contributed by atoms with E-state index in [0.717, 1.165) is 28.9 Å². The minimum Gasteiger partial charge on any atom is -0.497 e. The molecule has 0 fully saturated rings. The van der Waals surface area contributed by atoms with Crippen LogP contribution in [0.3, 0.4) is 0 Å². The molecule has 96 valence electrons. The van der Waals surface area contributed by atoms with Gasteiger partial charge in [-0.3, -0.25) is 0 Å². The molecule has 0 aliphatic carbocycles. The van der Waals surface area contributed by atoms with E-state index < -0.39 is 0 Å². The van der Waals surface area contributed by atoms with E-state index in [9.17, 15) is 0 Å². The molecule has 1 unspecified atom stereocenters. The van der Waals surface area contributed by atoms with Gasteiger partial charge in [-0.2, -0.15) is 0 Å². The fourth-order valence-electron chi connectivity index (χ4n) is 1.53. The van der Waals surface area contributed by atoms with Gasteiger partial charge in [0.15, 0.2) is 0 Å². The average Bonchev–Trinajstić information content (AvgIpc) is 2.67. The smallest absolute Gasteiger partial charge is 0.120 e. The zero-order valence-electron chi connectivity index (χ0n) is 9.22. The molecule has 0 amide bonds. The quantitative estimate of drug-likeness (QED) is 0.469. The van der Waals surface area contributed by atoms with Crippen molar-refractivity contribution in [3.8, 4) is 5.75 Å². The van der Waals surface area contributed by atoms with E-state index in [4.69, 9.17) is 16.3 Å². The Balaban J connectivity index is 2.39. The van der Waals surface area contributed by atoms with Crippen LogP contribution in [-0.4, -0.2) is 7.11 Å². The fourth-order valence-corrected chi connectivity index (χ4v) is 5.71. The lowest BCUT2D eigenvalue weighted by Gasteiger charge is -2.12. The van der Waals surface area contributed by atoms with Crippen LogP contribution in [0.4, 0.5) is 0 Å². The van der Waals surface area contributed by atoms with E-state index >= 15 is 0 Å². The molecule has 2 aromatic rings. The highest BCUT2D eigenvalue weighted by molar-refractivity contribution is 9.12. The summed E-state index contributed by atoms with van der Waals surface area (Å²) in [6.07, 6.45) is 0. The zero-order chi connectivity index (χ0) is 13.3. The Bertz CT molecular complexity index is 570. The molecule has 0 radical (unpaired) electrons. The highest BCUT2D eigenvalue weighted by Crippen LogP contribution is 2.43. The van der Waals surface area contributed by atoms with E-state index in [2.05, 4.69) is 47.8 Å². The van der Waals surface area contributed by atoms with Gasteiger partial charge in [-0.15, -0.1) is 22.9 Å². The van der Waals surface area contributed by atoms with Gasteiger partial charge >= 0.3 is 0 Å². The van der Waals surface area contributed by atoms with Gasteiger partial charge in [0.1, 0.15) is 5.75 Å². The molecule has 0 aliphatic rings. The predicted octanol–water partition coefficient (Wildman–Crippen LogP) is 6.37. The molecule has 1 aromatic carbocycles. The maximum absolute atomic E-state index is 6.54. The number of alkyl halides is 1. The average molecular weight is 475 g/mol. The summed E-state index contributed by atoms with van der Waals surface area (Å²) in [5.41, 5.74) is 2.07. The minimum atomic E-state index is -0.206. The Hall–Kier alpha value is 0.450. The highest BCUT2D eigenvalue weighted by atomic mass is 79.9. The summed E-state index contributed by atoms with van der Waals surface area (Å²) in [4.78, 5) is 0. The molecular formula is C12H8Br3ClOS. The van der Waals surface area contributed by atoms with Crippen molar-refractivity contribution in [2.45, 2.75) is 5.38 Å². The van der Waals surface area contributed by atoms with E-state index in [-0.39, 0.29) is 5.38 Å². The van der Waals surface area contributed by atoms with Crippen molar-refractivity contribution in [2.24, 2.45) is 0 Å². The van der Waals surface area contributed by atoms with Crippen LogP contribution in [0.15, 0.2) is 36.3 Å². The molecule has 1 atom stereocenters. The first-order valence-electron chi connectivity index (χ1n) is 4.95. The summed E-state index contributed by atoms with van der Waals surface area (Å²) in [5.74, 6) is 0.806. The van der Waals surface area contributed by atoms with Gasteiger partial charge in [0.2, 0.25) is 0 Å². The molecule has 6 heteroatoms. The molecule has 0 N–H and O–H groups in total.